The van der Waals surface area contributed by atoms with E-state index in [-0.39, 0.29) is 5.91 Å². The average Bonchev–Trinajstić information content (AvgIpc) is 2.93. The van der Waals surface area contributed by atoms with Crippen molar-refractivity contribution in [3.8, 4) is 0 Å². The fraction of sp³-hybridized carbons (Fsp3) is 0.286. The van der Waals surface area contributed by atoms with Crippen molar-refractivity contribution in [3.05, 3.63) is 71.4 Å². The molecule has 4 heteroatoms. The second-order valence-corrected chi connectivity index (χ2v) is 6.84. The maximum absolute atomic E-state index is 12.3. The summed E-state index contributed by atoms with van der Waals surface area (Å²) in [6, 6.07) is 16.7. The van der Waals surface area contributed by atoms with Crippen molar-refractivity contribution in [1.82, 2.24) is 9.80 Å². The van der Waals surface area contributed by atoms with Crippen LogP contribution in [-0.4, -0.2) is 41.9 Å². The van der Waals surface area contributed by atoms with Gasteiger partial charge >= 0.3 is 0 Å². The highest BCUT2D eigenvalue weighted by Gasteiger charge is 2.25. The van der Waals surface area contributed by atoms with Gasteiger partial charge in [-0.15, -0.1) is 0 Å². The van der Waals surface area contributed by atoms with Gasteiger partial charge in [0.25, 0.3) is 5.91 Å². The number of aryl methyl sites for hydroxylation is 1. The fourth-order valence-corrected chi connectivity index (χ4v) is 3.50. The first-order chi connectivity index (χ1) is 12.2. The van der Waals surface area contributed by atoms with Crippen LogP contribution in [0.1, 0.15) is 16.7 Å². The molecule has 2 heterocycles. The smallest absolute Gasteiger partial charge is 0.257 e. The van der Waals surface area contributed by atoms with Crippen LogP contribution in [-0.2, 0) is 11.3 Å². The molecular formula is C21H23N3O. The van der Waals surface area contributed by atoms with E-state index in [0.29, 0.717) is 0 Å². The molecule has 0 spiro atoms. The summed E-state index contributed by atoms with van der Waals surface area (Å²) < 4.78 is 0. The van der Waals surface area contributed by atoms with E-state index in [1.165, 1.54) is 11.1 Å². The fourth-order valence-electron chi connectivity index (χ4n) is 3.50. The van der Waals surface area contributed by atoms with Gasteiger partial charge in [-0.1, -0.05) is 42.0 Å². The van der Waals surface area contributed by atoms with E-state index in [1.54, 1.807) is 0 Å². The van der Waals surface area contributed by atoms with Crippen molar-refractivity contribution in [2.45, 2.75) is 13.5 Å². The summed E-state index contributed by atoms with van der Waals surface area (Å²) in [5.41, 5.74) is 5.26. The molecular weight excluding hydrogens is 310 g/mol. The van der Waals surface area contributed by atoms with E-state index in [4.69, 9.17) is 0 Å². The molecule has 0 radical (unpaired) electrons. The molecule has 2 aliphatic heterocycles. The monoisotopic (exact) mass is 333 g/mol. The number of nitrogens with zero attached hydrogens (tertiary/aromatic N) is 2. The van der Waals surface area contributed by atoms with Crippen molar-refractivity contribution >= 4 is 17.2 Å². The van der Waals surface area contributed by atoms with Gasteiger partial charge in [-0.05, 0) is 24.6 Å². The minimum absolute atomic E-state index is 0.00677. The quantitative estimate of drug-likeness (QED) is 0.877. The molecule has 1 N–H and O–H groups in total. The summed E-state index contributed by atoms with van der Waals surface area (Å²) in [7, 11) is 0. The minimum Gasteiger partial charge on any atom is -0.374 e. The molecule has 1 fully saturated rings. The maximum atomic E-state index is 12.3. The molecule has 128 valence electrons. The number of piperazine rings is 1. The molecule has 0 atom stereocenters. The highest BCUT2D eigenvalue weighted by atomic mass is 16.2. The van der Waals surface area contributed by atoms with Crippen molar-refractivity contribution < 1.29 is 4.79 Å². The number of hydrogen-bond acceptors (Lipinski definition) is 3. The Labute approximate surface area is 148 Å². The second kappa shape index (κ2) is 6.73. The van der Waals surface area contributed by atoms with Crippen molar-refractivity contribution in [1.29, 1.82) is 0 Å². The van der Waals surface area contributed by atoms with Crippen molar-refractivity contribution in [3.63, 3.8) is 0 Å². The standard InChI is InChI=1S/C21H23N3O/c1-16-7-8-20-18(13-16)19(21(25)22-20)15-24-11-9-23(10-12-24)14-17-5-3-2-4-6-17/h2-8,13,15H,9-12,14H2,1H3,(H,22,25)/b19-15+. The van der Waals surface area contributed by atoms with Gasteiger partial charge in [0.15, 0.2) is 0 Å². The maximum Gasteiger partial charge on any atom is 0.257 e. The summed E-state index contributed by atoms with van der Waals surface area (Å²) >= 11 is 0. The van der Waals surface area contributed by atoms with Crippen molar-refractivity contribution in [2.75, 3.05) is 31.5 Å². The molecule has 2 aliphatic rings. The van der Waals surface area contributed by atoms with Gasteiger partial charge in [-0.3, -0.25) is 9.69 Å². The molecule has 0 unspecified atom stereocenters. The van der Waals surface area contributed by atoms with Crippen LogP contribution in [0.15, 0.2) is 54.7 Å². The van der Waals surface area contributed by atoms with Crippen LogP contribution in [0.2, 0.25) is 0 Å². The first-order valence-corrected chi connectivity index (χ1v) is 8.83. The van der Waals surface area contributed by atoms with Crippen LogP contribution in [0.3, 0.4) is 0 Å². The number of nitrogens with one attached hydrogen (secondary N) is 1. The lowest BCUT2D eigenvalue weighted by molar-refractivity contribution is -0.110. The molecule has 1 amide bonds. The number of fused-ring (bicyclic) bond motifs is 1. The zero-order valence-corrected chi connectivity index (χ0v) is 14.5. The van der Waals surface area contributed by atoms with E-state index < -0.39 is 0 Å². The van der Waals surface area contributed by atoms with Crippen LogP contribution in [0.4, 0.5) is 5.69 Å². The Hall–Kier alpha value is -2.59. The topological polar surface area (TPSA) is 35.6 Å². The number of benzene rings is 2. The number of amides is 1. The van der Waals surface area contributed by atoms with Crippen LogP contribution in [0, 0.1) is 6.92 Å². The van der Waals surface area contributed by atoms with Gasteiger partial charge < -0.3 is 10.2 Å². The molecule has 4 rings (SSSR count). The summed E-state index contributed by atoms with van der Waals surface area (Å²) in [6.07, 6.45) is 2.04. The predicted octanol–water partition coefficient (Wildman–Crippen LogP) is 3.11. The minimum atomic E-state index is 0.00677. The molecule has 0 saturated carbocycles. The third kappa shape index (κ3) is 3.44. The zero-order chi connectivity index (χ0) is 17.2. The Morgan fingerprint density at radius 3 is 2.56 bits per heavy atom. The summed E-state index contributed by atoms with van der Waals surface area (Å²) in [6.45, 7) is 6.98. The van der Waals surface area contributed by atoms with Gasteiger partial charge in [0.05, 0.1) is 5.57 Å². The first-order valence-electron chi connectivity index (χ1n) is 8.83. The molecule has 0 bridgehead atoms. The Kier molecular flexibility index (Phi) is 4.28. The van der Waals surface area contributed by atoms with E-state index in [9.17, 15) is 4.79 Å². The number of rotatable bonds is 3. The largest absolute Gasteiger partial charge is 0.374 e. The van der Waals surface area contributed by atoms with E-state index >= 15 is 0 Å². The summed E-state index contributed by atoms with van der Waals surface area (Å²) in [5, 5.41) is 2.96. The Bertz CT molecular complexity index is 805. The predicted molar refractivity (Wildman–Crippen MR) is 101 cm³/mol. The highest BCUT2D eigenvalue weighted by molar-refractivity contribution is 6.31. The Balaban J connectivity index is 1.43. The van der Waals surface area contributed by atoms with E-state index in [2.05, 4.69) is 58.4 Å². The lowest BCUT2D eigenvalue weighted by Crippen LogP contribution is -2.43. The average molecular weight is 333 g/mol. The van der Waals surface area contributed by atoms with Crippen LogP contribution in [0.5, 0.6) is 0 Å². The van der Waals surface area contributed by atoms with Crippen molar-refractivity contribution in [2.24, 2.45) is 0 Å². The lowest BCUT2D eigenvalue weighted by atomic mass is 10.1. The van der Waals surface area contributed by atoms with Gasteiger partial charge in [-0.25, -0.2) is 0 Å². The molecule has 0 aliphatic carbocycles. The SMILES string of the molecule is Cc1ccc2c(c1)/C(=C\N1CCN(Cc3ccccc3)CC1)C(=O)N2. The third-order valence-electron chi connectivity index (χ3n) is 4.93. The second-order valence-electron chi connectivity index (χ2n) is 6.84. The molecule has 0 aromatic heterocycles. The molecule has 2 aromatic carbocycles. The van der Waals surface area contributed by atoms with Gasteiger partial charge in [0.2, 0.25) is 0 Å². The summed E-state index contributed by atoms with van der Waals surface area (Å²) in [4.78, 5) is 17.0. The van der Waals surface area contributed by atoms with Gasteiger partial charge in [-0.2, -0.15) is 0 Å². The number of anilines is 1. The van der Waals surface area contributed by atoms with E-state index in [0.717, 1.165) is 49.5 Å². The number of carbonyl (C=O) groups excluding carboxylic acids is 1. The number of hydrogen-bond donors (Lipinski definition) is 1. The molecule has 4 nitrogen and oxygen atoms in total. The highest BCUT2D eigenvalue weighted by Crippen LogP contribution is 2.32. The first kappa shape index (κ1) is 15.9. The van der Waals surface area contributed by atoms with Crippen LogP contribution >= 0.6 is 0 Å². The lowest BCUT2D eigenvalue weighted by Gasteiger charge is -2.34. The Morgan fingerprint density at radius 2 is 1.80 bits per heavy atom. The molecule has 1 saturated heterocycles. The van der Waals surface area contributed by atoms with Gasteiger partial charge in [0, 0.05) is 50.2 Å². The van der Waals surface area contributed by atoms with Crippen LogP contribution < -0.4 is 5.32 Å². The molecule has 2 aromatic rings. The van der Waals surface area contributed by atoms with Crippen LogP contribution in [0.25, 0.3) is 5.57 Å². The normalized spacial score (nSPS) is 19.2. The van der Waals surface area contributed by atoms with Gasteiger partial charge in [0.1, 0.15) is 0 Å². The summed E-state index contributed by atoms with van der Waals surface area (Å²) in [5.74, 6) is 0.00677. The van der Waals surface area contributed by atoms with E-state index in [1.807, 2.05) is 18.3 Å². The zero-order valence-electron chi connectivity index (χ0n) is 14.5. The Morgan fingerprint density at radius 1 is 1.04 bits per heavy atom. The number of carbonyl (C=O) groups is 1. The third-order valence-corrected chi connectivity index (χ3v) is 4.93. The molecule has 25 heavy (non-hydrogen) atoms.